The summed E-state index contributed by atoms with van der Waals surface area (Å²) in [4.78, 5) is 35.3. The van der Waals surface area contributed by atoms with Crippen LogP contribution in [0.2, 0.25) is 5.02 Å². The van der Waals surface area contributed by atoms with Gasteiger partial charge in [0.25, 0.3) is 15.9 Å². The fourth-order valence-electron chi connectivity index (χ4n) is 8.71. The highest BCUT2D eigenvalue weighted by Crippen LogP contribution is 2.47. The molecule has 2 amide bonds. The third-order valence-corrected chi connectivity index (χ3v) is 13.9. The number of nitrogens with one attached hydrogen (secondary N) is 1. The Hall–Kier alpha value is -3.32. The van der Waals surface area contributed by atoms with Crippen LogP contribution in [0.3, 0.4) is 0 Å². The SMILES string of the molecule is CCN1CC=C[C@H](OC(=O)N2CC(N(C)C)C2)[C@@H]2CC[C@H]2CN2C[C@@]3(CCCc4cc(Cl)ccc43)COc3ccc(cc32)S(=O)(=O)NC(=O)C1(C)C. The van der Waals surface area contributed by atoms with Gasteiger partial charge in [0.05, 0.1) is 22.7 Å². The van der Waals surface area contributed by atoms with Gasteiger partial charge in [0.15, 0.2) is 0 Å². The first-order valence-corrected chi connectivity index (χ1v) is 20.5. The van der Waals surface area contributed by atoms with Gasteiger partial charge >= 0.3 is 6.09 Å². The van der Waals surface area contributed by atoms with E-state index in [1.807, 2.05) is 44.1 Å². The molecular formula is C39H52ClN5O6S. The maximum absolute atomic E-state index is 13.9. The highest BCUT2D eigenvalue weighted by atomic mass is 35.5. The third-order valence-electron chi connectivity index (χ3n) is 12.4. The van der Waals surface area contributed by atoms with Crippen LogP contribution in [-0.2, 0) is 31.4 Å². The average Bonchev–Trinajstić information content (AvgIpc) is 3.20. The fourth-order valence-corrected chi connectivity index (χ4v) is 10.0. The van der Waals surface area contributed by atoms with Gasteiger partial charge in [-0.15, -0.1) is 0 Å². The Morgan fingerprint density at radius 2 is 1.90 bits per heavy atom. The number of likely N-dealkylation sites (tertiary alicyclic amines) is 1. The van der Waals surface area contributed by atoms with Crippen LogP contribution >= 0.6 is 11.6 Å². The zero-order chi connectivity index (χ0) is 37.0. The van der Waals surface area contributed by atoms with E-state index in [4.69, 9.17) is 21.1 Å². The van der Waals surface area contributed by atoms with E-state index in [0.717, 1.165) is 32.1 Å². The zero-order valence-electron chi connectivity index (χ0n) is 30.9. The summed E-state index contributed by atoms with van der Waals surface area (Å²) in [6, 6.07) is 11.3. The van der Waals surface area contributed by atoms with Crippen LogP contribution < -0.4 is 14.4 Å². The minimum absolute atomic E-state index is 0.00774. The number of ether oxygens (including phenoxy) is 2. The Morgan fingerprint density at radius 3 is 2.62 bits per heavy atom. The second-order valence-corrected chi connectivity index (χ2v) is 18.2. The van der Waals surface area contributed by atoms with E-state index in [2.05, 4.69) is 26.7 Å². The summed E-state index contributed by atoms with van der Waals surface area (Å²) in [5.41, 5.74) is 1.62. The lowest BCUT2D eigenvalue weighted by Crippen LogP contribution is -2.60. The van der Waals surface area contributed by atoms with Gasteiger partial charge in [0, 0.05) is 55.1 Å². The predicted octanol–water partition coefficient (Wildman–Crippen LogP) is 5.07. The number of carbonyl (C=O) groups excluding carboxylic acids is 2. The second-order valence-electron chi connectivity index (χ2n) is 16.1. The fraction of sp³-hybridized carbons (Fsp3) is 0.590. The minimum Gasteiger partial charge on any atom is -0.490 e. The summed E-state index contributed by atoms with van der Waals surface area (Å²) >= 11 is 6.46. The molecule has 2 aromatic carbocycles. The number of carbonyl (C=O) groups is 2. The van der Waals surface area contributed by atoms with Crippen LogP contribution in [-0.4, -0.2) is 113 Å². The van der Waals surface area contributed by atoms with Gasteiger partial charge in [0.2, 0.25) is 0 Å². The molecule has 13 heteroatoms. The van der Waals surface area contributed by atoms with E-state index in [1.165, 1.54) is 17.2 Å². The van der Waals surface area contributed by atoms with E-state index in [1.54, 1.807) is 30.9 Å². The monoisotopic (exact) mass is 753 g/mol. The van der Waals surface area contributed by atoms with Crippen molar-refractivity contribution in [3.63, 3.8) is 0 Å². The number of amides is 2. The van der Waals surface area contributed by atoms with E-state index in [9.17, 15) is 18.0 Å². The predicted molar refractivity (Wildman–Crippen MR) is 202 cm³/mol. The Kier molecular flexibility index (Phi) is 10.1. The number of aryl methyl sites for hydroxylation is 1. The topological polar surface area (TPSA) is 112 Å². The molecule has 1 spiro atoms. The molecule has 2 aromatic rings. The van der Waals surface area contributed by atoms with E-state index in [0.29, 0.717) is 68.4 Å². The summed E-state index contributed by atoms with van der Waals surface area (Å²) in [5, 5.41) is 0.710. The van der Waals surface area contributed by atoms with Crippen molar-refractivity contribution in [3.8, 4) is 5.75 Å². The number of sulfonamides is 1. The molecule has 0 unspecified atom stereocenters. The van der Waals surface area contributed by atoms with Crippen molar-refractivity contribution in [2.24, 2.45) is 11.8 Å². The van der Waals surface area contributed by atoms with Gasteiger partial charge in [-0.2, -0.15) is 0 Å². The van der Waals surface area contributed by atoms with Gasteiger partial charge < -0.3 is 24.2 Å². The molecule has 0 aromatic heterocycles. The summed E-state index contributed by atoms with van der Waals surface area (Å²) in [7, 11) is -0.172. The number of anilines is 1. The molecule has 7 rings (SSSR count). The van der Waals surface area contributed by atoms with Crippen LogP contribution in [0.4, 0.5) is 10.5 Å². The molecule has 4 atom stereocenters. The molecule has 2 fully saturated rings. The van der Waals surface area contributed by atoms with Crippen molar-refractivity contribution >= 4 is 39.3 Å². The lowest BCUT2D eigenvalue weighted by atomic mass is 9.68. The number of rotatable bonds is 3. The Balaban J connectivity index is 1.28. The maximum atomic E-state index is 13.9. The van der Waals surface area contributed by atoms with Crippen LogP contribution in [0.25, 0.3) is 0 Å². The Morgan fingerprint density at radius 1 is 1.12 bits per heavy atom. The Bertz CT molecular complexity index is 1850. The summed E-state index contributed by atoms with van der Waals surface area (Å²) < 4.78 is 43.1. The van der Waals surface area contributed by atoms with Crippen molar-refractivity contribution in [3.05, 3.63) is 64.7 Å². The molecule has 3 aliphatic heterocycles. The van der Waals surface area contributed by atoms with Crippen LogP contribution in [0.1, 0.15) is 57.6 Å². The second kappa shape index (κ2) is 14.2. The molecule has 3 heterocycles. The first-order valence-electron chi connectivity index (χ1n) is 18.6. The van der Waals surface area contributed by atoms with Crippen LogP contribution in [0, 0.1) is 11.8 Å². The smallest absolute Gasteiger partial charge is 0.410 e. The number of hydrogen-bond donors (Lipinski definition) is 1. The highest BCUT2D eigenvalue weighted by molar-refractivity contribution is 7.90. The lowest BCUT2D eigenvalue weighted by Gasteiger charge is -2.47. The molecular weight excluding hydrogens is 702 g/mol. The van der Waals surface area contributed by atoms with E-state index in [-0.39, 0.29) is 28.2 Å². The minimum atomic E-state index is -4.21. The summed E-state index contributed by atoms with van der Waals surface area (Å²) in [6.07, 6.45) is 7.88. The summed E-state index contributed by atoms with van der Waals surface area (Å²) in [5.74, 6) is 0.230. The normalized spacial score (nSPS) is 28.8. The molecule has 2 aliphatic carbocycles. The van der Waals surface area contributed by atoms with E-state index < -0.39 is 27.6 Å². The molecule has 0 radical (unpaired) electrons. The zero-order valence-corrected chi connectivity index (χ0v) is 32.5. The molecule has 5 aliphatic rings. The largest absolute Gasteiger partial charge is 0.490 e. The Labute approximate surface area is 313 Å². The van der Waals surface area contributed by atoms with Gasteiger partial charge in [-0.25, -0.2) is 17.9 Å². The maximum Gasteiger partial charge on any atom is 0.410 e. The lowest BCUT2D eigenvalue weighted by molar-refractivity contribution is -0.129. The number of benzene rings is 2. The highest BCUT2D eigenvalue weighted by Gasteiger charge is 2.46. The molecule has 1 saturated carbocycles. The number of halogens is 1. The first kappa shape index (κ1) is 37.0. The van der Waals surface area contributed by atoms with Crippen molar-refractivity contribution in [1.29, 1.82) is 0 Å². The quantitative estimate of drug-likeness (QED) is 0.430. The number of likely N-dealkylation sites (N-methyl/N-ethyl adjacent to an activating group) is 2. The van der Waals surface area contributed by atoms with Crippen LogP contribution in [0.5, 0.6) is 5.75 Å². The van der Waals surface area contributed by atoms with Gasteiger partial charge in [-0.3, -0.25) is 9.69 Å². The molecule has 1 N–H and O–H groups in total. The van der Waals surface area contributed by atoms with Crippen molar-refractivity contribution in [2.75, 3.05) is 64.9 Å². The van der Waals surface area contributed by atoms with Crippen molar-refractivity contribution in [2.45, 2.75) is 80.9 Å². The average molecular weight is 754 g/mol. The van der Waals surface area contributed by atoms with Crippen molar-refractivity contribution in [1.82, 2.24) is 19.4 Å². The molecule has 2 bridgehead atoms. The standard InChI is InChI=1S/C39H52ClN5O6S/c1-6-45-18-8-10-34(51-37(47)43-22-29(23-43)42(4)5)31-14-11-27(31)21-44-24-39(17-7-9-26-19-28(40)12-15-32(26)39)25-50-35-16-13-30(20-33(35)44)52(48,49)41-36(46)38(45,2)3/h8,10,12-13,15-16,19-20,27,29,31,34H,6-7,9,11,14,17-18,21-25H2,1-5H3,(H,41,46)/t27-,31+,34-,39-/m0/s1. The molecule has 1 saturated heterocycles. The molecule has 11 nitrogen and oxygen atoms in total. The van der Waals surface area contributed by atoms with Gasteiger partial charge in [-0.1, -0.05) is 30.7 Å². The molecule has 52 heavy (non-hydrogen) atoms. The molecule has 282 valence electrons. The van der Waals surface area contributed by atoms with Gasteiger partial charge in [-0.05, 0) is 120 Å². The number of nitrogens with zero attached hydrogens (tertiary/aromatic N) is 4. The number of hydrogen-bond acceptors (Lipinski definition) is 9. The van der Waals surface area contributed by atoms with Crippen molar-refractivity contribution < 1.29 is 27.5 Å². The third kappa shape index (κ3) is 6.92. The number of fused-ring (bicyclic) bond motifs is 4. The van der Waals surface area contributed by atoms with E-state index >= 15 is 0 Å². The first-order chi connectivity index (χ1) is 24.7. The van der Waals surface area contributed by atoms with Gasteiger partial charge in [0.1, 0.15) is 11.9 Å². The summed E-state index contributed by atoms with van der Waals surface area (Å²) in [6.45, 7) is 9.22. The van der Waals surface area contributed by atoms with Crippen LogP contribution in [0.15, 0.2) is 53.4 Å².